The summed E-state index contributed by atoms with van der Waals surface area (Å²) in [6.45, 7) is 5.54. The lowest BCUT2D eigenvalue weighted by atomic mass is 10.2. The molecule has 1 aromatic rings. The Bertz CT molecular complexity index is 302. The van der Waals surface area contributed by atoms with Gasteiger partial charge in [-0.3, -0.25) is 4.98 Å². The van der Waals surface area contributed by atoms with Gasteiger partial charge in [0, 0.05) is 30.4 Å². The van der Waals surface area contributed by atoms with Gasteiger partial charge < -0.3 is 5.41 Å². The van der Waals surface area contributed by atoms with Gasteiger partial charge in [-0.25, -0.2) is 0 Å². The van der Waals surface area contributed by atoms with Gasteiger partial charge in [0.15, 0.2) is 0 Å². The third kappa shape index (κ3) is 2.80. The van der Waals surface area contributed by atoms with Gasteiger partial charge >= 0.3 is 0 Å². The number of pyridine rings is 1. The molecule has 74 valence electrons. The topological polar surface area (TPSA) is 36.7 Å². The van der Waals surface area contributed by atoms with Crippen molar-refractivity contribution < 1.29 is 0 Å². The van der Waals surface area contributed by atoms with E-state index in [0.29, 0.717) is 0 Å². The van der Waals surface area contributed by atoms with Gasteiger partial charge in [0.2, 0.25) is 0 Å². The molecule has 1 N–H and O–H groups in total. The molecule has 0 unspecified atom stereocenters. The van der Waals surface area contributed by atoms with Crippen molar-refractivity contribution in [3.63, 3.8) is 0 Å². The van der Waals surface area contributed by atoms with Crippen molar-refractivity contribution in [2.24, 2.45) is 0 Å². The van der Waals surface area contributed by atoms with Crippen LogP contribution >= 0.6 is 0 Å². The van der Waals surface area contributed by atoms with Crippen LogP contribution in [-0.4, -0.2) is 10.7 Å². The van der Waals surface area contributed by atoms with Crippen molar-refractivity contribution in [1.29, 1.82) is 5.41 Å². The molecule has 0 aromatic carbocycles. The summed E-state index contributed by atoms with van der Waals surface area (Å²) in [5.41, 5.74) is 3.11. The fourth-order valence-corrected chi connectivity index (χ4v) is 1.29. The van der Waals surface area contributed by atoms with Crippen molar-refractivity contribution in [1.82, 2.24) is 4.98 Å². The Labute approximate surface area is 85.2 Å². The van der Waals surface area contributed by atoms with E-state index in [1.165, 1.54) is 5.56 Å². The highest BCUT2D eigenvalue weighted by Gasteiger charge is 2.14. The zero-order valence-corrected chi connectivity index (χ0v) is 8.59. The molecule has 0 radical (unpaired) electrons. The van der Waals surface area contributed by atoms with Crippen molar-refractivity contribution in [2.45, 2.75) is 26.2 Å². The van der Waals surface area contributed by atoms with Gasteiger partial charge in [-0.1, -0.05) is 19.1 Å². The largest absolute Gasteiger partial charge is 0.309 e. The highest BCUT2D eigenvalue weighted by atomic mass is 14.7. The smallest absolute Gasteiger partial charge is 0.0495 e. The molecule has 2 heteroatoms. The highest BCUT2D eigenvalue weighted by Crippen LogP contribution is 2.15. The molecule has 0 aliphatic heterocycles. The Morgan fingerprint density at radius 2 is 2.29 bits per heavy atom. The van der Waals surface area contributed by atoms with Crippen LogP contribution in [0.3, 0.4) is 0 Å². The van der Waals surface area contributed by atoms with Crippen LogP contribution < -0.4 is 0 Å². The summed E-state index contributed by atoms with van der Waals surface area (Å²) in [4.78, 5) is 4.17. The van der Waals surface area contributed by atoms with E-state index in [9.17, 15) is 0 Å². The molecular weight excluding hydrogens is 172 g/mol. The Balaban J connectivity index is 0.000000213. The summed E-state index contributed by atoms with van der Waals surface area (Å²) in [6.07, 6.45) is 6.32. The van der Waals surface area contributed by atoms with Crippen molar-refractivity contribution in [2.75, 3.05) is 0 Å². The summed E-state index contributed by atoms with van der Waals surface area (Å²) in [7, 11) is 0. The Morgan fingerprint density at radius 3 is 2.86 bits per heavy atom. The number of hydrogen-bond acceptors (Lipinski definition) is 2. The first-order valence-electron chi connectivity index (χ1n) is 4.87. The normalized spacial score (nSPS) is 12.8. The van der Waals surface area contributed by atoms with Crippen LogP contribution in [0.1, 0.15) is 24.6 Å². The van der Waals surface area contributed by atoms with E-state index >= 15 is 0 Å². The van der Waals surface area contributed by atoms with Crippen LogP contribution in [0.2, 0.25) is 0 Å². The second kappa shape index (κ2) is 5.32. The quantitative estimate of drug-likeness (QED) is 0.676. The molecular formula is C12H16N2. The summed E-state index contributed by atoms with van der Waals surface area (Å²) in [6, 6.07) is 3.97. The van der Waals surface area contributed by atoms with Crippen LogP contribution in [0, 0.1) is 5.41 Å². The monoisotopic (exact) mass is 188 g/mol. The predicted molar refractivity (Wildman–Crippen MR) is 59.9 cm³/mol. The zero-order chi connectivity index (χ0) is 10.4. The highest BCUT2D eigenvalue weighted by molar-refractivity contribution is 5.89. The molecule has 0 bridgehead atoms. The van der Waals surface area contributed by atoms with E-state index in [1.54, 1.807) is 6.20 Å². The average molecular weight is 188 g/mol. The first-order chi connectivity index (χ1) is 6.77. The average Bonchev–Trinajstić information content (AvgIpc) is 2.58. The SMILES string of the molecule is C=CCC.N=C1Cc2cccnc2C1. The van der Waals surface area contributed by atoms with E-state index in [-0.39, 0.29) is 0 Å². The minimum absolute atomic E-state index is 0.760. The molecule has 0 atom stereocenters. The van der Waals surface area contributed by atoms with Gasteiger partial charge in [-0.15, -0.1) is 6.58 Å². The number of nitrogens with zero attached hydrogens (tertiary/aromatic N) is 1. The van der Waals surface area contributed by atoms with E-state index < -0.39 is 0 Å². The van der Waals surface area contributed by atoms with Gasteiger partial charge in [-0.05, 0) is 18.1 Å². The molecule has 0 amide bonds. The Morgan fingerprint density at radius 1 is 1.57 bits per heavy atom. The lowest BCUT2D eigenvalue weighted by Crippen LogP contribution is -1.91. The van der Waals surface area contributed by atoms with Crippen molar-refractivity contribution in [3.8, 4) is 0 Å². The molecule has 1 aliphatic rings. The number of rotatable bonds is 1. The third-order valence-electron chi connectivity index (χ3n) is 2.06. The van der Waals surface area contributed by atoms with Crippen LogP contribution in [0.5, 0.6) is 0 Å². The maximum Gasteiger partial charge on any atom is 0.0495 e. The zero-order valence-electron chi connectivity index (χ0n) is 8.59. The number of fused-ring (bicyclic) bond motifs is 1. The number of hydrogen-bond donors (Lipinski definition) is 1. The summed E-state index contributed by atoms with van der Waals surface area (Å²) in [5, 5.41) is 7.39. The first-order valence-corrected chi connectivity index (χ1v) is 4.87. The summed E-state index contributed by atoms with van der Waals surface area (Å²) < 4.78 is 0. The van der Waals surface area contributed by atoms with Crippen LogP contribution in [-0.2, 0) is 12.8 Å². The molecule has 2 rings (SSSR count). The molecule has 0 fully saturated rings. The Kier molecular flexibility index (Phi) is 4.05. The van der Waals surface area contributed by atoms with Gasteiger partial charge in [0.05, 0.1) is 0 Å². The third-order valence-corrected chi connectivity index (χ3v) is 2.06. The molecule has 14 heavy (non-hydrogen) atoms. The predicted octanol–water partition coefficient (Wildman–Crippen LogP) is 2.78. The van der Waals surface area contributed by atoms with E-state index in [4.69, 9.17) is 5.41 Å². The molecule has 1 aliphatic carbocycles. The van der Waals surface area contributed by atoms with Gasteiger partial charge in [-0.2, -0.15) is 0 Å². The van der Waals surface area contributed by atoms with E-state index in [0.717, 1.165) is 30.7 Å². The van der Waals surface area contributed by atoms with Crippen molar-refractivity contribution in [3.05, 3.63) is 42.2 Å². The maximum absolute atomic E-state index is 7.39. The van der Waals surface area contributed by atoms with Crippen LogP contribution in [0.4, 0.5) is 0 Å². The minimum Gasteiger partial charge on any atom is -0.309 e. The lowest BCUT2D eigenvalue weighted by molar-refractivity contribution is 1.15. The second-order valence-electron chi connectivity index (χ2n) is 3.26. The molecule has 0 spiro atoms. The summed E-state index contributed by atoms with van der Waals surface area (Å²) >= 11 is 0. The van der Waals surface area contributed by atoms with Gasteiger partial charge in [0.25, 0.3) is 0 Å². The molecule has 1 aromatic heterocycles. The fraction of sp³-hybridized carbons (Fsp3) is 0.333. The van der Waals surface area contributed by atoms with Gasteiger partial charge in [0.1, 0.15) is 0 Å². The number of nitrogens with one attached hydrogen (secondary N) is 1. The molecule has 1 heterocycles. The van der Waals surface area contributed by atoms with E-state index in [1.807, 2.05) is 18.2 Å². The molecule has 0 saturated heterocycles. The Hall–Kier alpha value is -1.44. The second-order valence-corrected chi connectivity index (χ2v) is 3.26. The number of aromatic nitrogens is 1. The molecule has 0 saturated carbocycles. The number of allylic oxidation sites excluding steroid dienone is 1. The summed E-state index contributed by atoms with van der Waals surface area (Å²) in [5.74, 6) is 0. The fourth-order valence-electron chi connectivity index (χ4n) is 1.29. The lowest BCUT2D eigenvalue weighted by Gasteiger charge is -1.91. The van der Waals surface area contributed by atoms with Crippen LogP contribution in [0.25, 0.3) is 0 Å². The van der Waals surface area contributed by atoms with Crippen molar-refractivity contribution >= 4 is 5.71 Å². The van der Waals surface area contributed by atoms with Crippen LogP contribution in [0.15, 0.2) is 31.0 Å². The maximum atomic E-state index is 7.39. The minimum atomic E-state index is 0.760. The standard InChI is InChI=1S/C8H8N2.C4H8/c9-7-4-6-2-1-3-10-8(6)5-7;1-3-4-2/h1-3,9H,4-5H2;3H,1,4H2,2H3. The molecule has 2 nitrogen and oxygen atoms in total. The van der Waals surface area contributed by atoms with E-state index in [2.05, 4.69) is 18.5 Å². The first kappa shape index (κ1) is 10.6.